The van der Waals surface area contributed by atoms with Gasteiger partial charge in [0.15, 0.2) is 0 Å². The van der Waals surface area contributed by atoms with Crippen molar-refractivity contribution in [3.63, 3.8) is 0 Å². The monoisotopic (exact) mass is 382 g/mol. The molecule has 3 aromatic carbocycles. The summed E-state index contributed by atoms with van der Waals surface area (Å²) in [4.78, 5) is 12.2. The highest BCUT2D eigenvalue weighted by atomic mass is 19.1. The van der Waals surface area contributed by atoms with Gasteiger partial charge in [0.25, 0.3) is 0 Å². The zero-order chi connectivity index (χ0) is 19.5. The van der Waals surface area contributed by atoms with E-state index in [1.807, 2.05) is 30.3 Å². The zero-order valence-electron chi connectivity index (χ0n) is 14.7. The molecule has 0 spiro atoms. The van der Waals surface area contributed by atoms with Crippen molar-refractivity contribution in [3.8, 4) is 5.75 Å². The second-order valence-electron chi connectivity index (χ2n) is 6.28. The van der Waals surface area contributed by atoms with Crippen LogP contribution in [0.3, 0.4) is 0 Å². The number of hydrogen-bond acceptors (Lipinski definition) is 4. The molecule has 1 heterocycles. The summed E-state index contributed by atoms with van der Waals surface area (Å²) >= 11 is 0. The third-order valence-corrected chi connectivity index (χ3v) is 4.35. The van der Waals surface area contributed by atoms with Crippen molar-refractivity contribution in [2.75, 3.05) is 0 Å². The van der Waals surface area contributed by atoms with E-state index in [-0.39, 0.29) is 18.8 Å². The van der Waals surface area contributed by atoms with E-state index in [9.17, 15) is 13.6 Å². The summed E-state index contributed by atoms with van der Waals surface area (Å²) in [6, 6.07) is 17.4. The van der Waals surface area contributed by atoms with E-state index in [1.165, 1.54) is 36.4 Å². The highest BCUT2D eigenvalue weighted by molar-refractivity contribution is 5.89. The first-order valence-corrected chi connectivity index (χ1v) is 8.68. The smallest absolute Gasteiger partial charge is 0.341 e. The molecule has 0 saturated heterocycles. The van der Waals surface area contributed by atoms with Crippen LogP contribution < -0.4 is 4.74 Å². The molecule has 1 aliphatic heterocycles. The van der Waals surface area contributed by atoms with Gasteiger partial charge in [-0.1, -0.05) is 42.5 Å². The standard InChI is InChI=1S/C22H16F2O4/c23-17-10-15(12-26-21(25)18-8-4-5-9-19(18)24)20-16(11-17)13-27-22(28-20)14-6-2-1-3-7-14/h1-11,22H,12-13H2/t22-/m0/s1. The molecule has 1 aliphatic rings. The Bertz CT molecular complexity index is 1000. The number of ether oxygens (including phenoxy) is 3. The zero-order valence-corrected chi connectivity index (χ0v) is 14.7. The van der Waals surface area contributed by atoms with Crippen LogP contribution in [-0.4, -0.2) is 5.97 Å². The molecule has 0 N–H and O–H groups in total. The highest BCUT2D eigenvalue weighted by Gasteiger charge is 2.26. The van der Waals surface area contributed by atoms with Gasteiger partial charge >= 0.3 is 5.97 Å². The average Bonchev–Trinajstić information content (AvgIpc) is 2.72. The summed E-state index contributed by atoms with van der Waals surface area (Å²) in [5.74, 6) is -1.60. The van der Waals surface area contributed by atoms with Gasteiger partial charge in [0.2, 0.25) is 6.29 Å². The lowest BCUT2D eigenvalue weighted by Gasteiger charge is -2.28. The predicted octanol–water partition coefficient (Wildman–Crippen LogP) is 4.93. The van der Waals surface area contributed by atoms with E-state index in [2.05, 4.69) is 0 Å². The average molecular weight is 382 g/mol. The maximum absolute atomic E-state index is 14.0. The number of carbonyl (C=O) groups is 1. The molecular formula is C22H16F2O4. The van der Waals surface area contributed by atoms with Gasteiger partial charge in [0, 0.05) is 16.7 Å². The van der Waals surface area contributed by atoms with Crippen molar-refractivity contribution in [2.45, 2.75) is 19.5 Å². The molecule has 0 bridgehead atoms. The van der Waals surface area contributed by atoms with Crippen molar-refractivity contribution < 1.29 is 27.8 Å². The first-order valence-electron chi connectivity index (χ1n) is 8.68. The van der Waals surface area contributed by atoms with Gasteiger partial charge in [-0.05, 0) is 24.3 Å². The van der Waals surface area contributed by atoms with Gasteiger partial charge in [-0.3, -0.25) is 0 Å². The molecule has 6 heteroatoms. The van der Waals surface area contributed by atoms with Gasteiger partial charge in [-0.15, -0.1) is 0 Å². The van der Waals surface area contributed by atoms with Crippen LogP contribution in [0.4, 0.5) is 8.78 Å². The number of carbonyl (C=O) groups excluding carboxylic acids is 1. The summed E-state index contributed by atoms with van der Waals surface area (Å²) < 4.78 is 44.5. The first kappa shape index (κ1) is 18.1. The minimum atomic E-state index is -0.831. The molecule has 4 rings (SSSR count). The van der Waals surface area contributed by atoms with E-state index in [4.69, 9.17) is 14.2 Å². The lowest BCUT2D eigenvalue weighted by atomic mass is 10.1. The molecule has 0 saturated carbocycles. The number of fused-ring (bicyclic) bond motifs is 1. The van der Waals surface area contributed by atoms with Crippen LogP contribution in [0.2, 0.25) is 0 Å². The first-order chi connectivity index (χ1) is 13.6. The van der Waals surface area contributed by atoms with Crippen LogP contribution in [0.5, 0.6) is 5.75 Å². The number of halogens is 2. The Hall–Kier alpha value is -3.25. The van der Waals surface area contributed by atoms with E-state index < -0.39 is 23.9 Å². The molecule has 0 aliphatic carbocycles. The normalized spacial score (nSPS) is 15.4. The summed E-state index contributed by atoms with van der Waals surface area (Å²) in [6.45, 7) is -0.102. The van der Waals surface area contributed by atoms with Crippen molar-refractivity contribution in [2.24, 2.45) is 0 Å². The third kappa shape index (κ3) is 3.73. The maximum Gasteiger partial charge on any atom is 0.341 e. The highest BCUT2D eigenvalue weighted by Crippen LogP contribution is 2.36. The van der Waals surface area contributed by atoms with Crippen molar-refractivity contribution in [3.05, 3.63) is 101 Å². The third-order valence-electron chi connectivity index (χ3n) is 4.35. The number of rotatable bonds is 4. The van der Waals surface area contributed by atoms with Crippen LogP contribution in [0.25, 0.3) is 0 Å². The molecule has 1 atom stereocenters. The fraction of sp³-hybridized carbons (Fsp3) is 0.136. The van der Waals surface area contributed by atoms with E-state index in [0.717, 1.165) is 5.56 Å². The SMILES string of the molecule is O=C(OCc1cc(F)cc2c1O[C@@H](c1ccccc1)OC2)c1ccccc1F. The van der Waals surface area contributed by atoms with Crippen LogP contribution >= 0.6 is 0 Å². The Morgan fingerprint density at radius 1 is 1.04 bits per heavy atom. The topological polar surface area (TPSA) is 44.8 Å². The fourth-order valence-corrected chi connectivity index (χ4v) is 3.01. The van der Waals surface area contributed by atoms with Crippen molar-refractivity contribution in [1.82, 2.24) is 0 Å². The summed E-state index contributed by atoms with van der Waals surface area (Å²) in [6.07, 6.45) is -0.653. The molecule has 0 radical (unpaired) electrons. The van der Waals surface area contributed by atoms with Gasteiger partial charge in [-0.25, -0.2) is 13.6 Å². The Morgan fingerprint density at radius 2 is 1.79 bits per heavy atom. The van der Waals surface area contributed by atoms with Crippen molar-refractivity contribution >= 4 is 5.97 Å². The molecular weight excluding hydrogens is 366 g/mol. The van der Waals surface area contributed by atoms with E-state index >= 15 is 0 Å². The Kier molecular flexibility index (Phi) is 5.04. The van der Waals surface area contributed by atoms with Gasteiger partial charge in [-0.2, -0.15) is 0 Å². The second kappa shape index (κ2) is 7.78. The van der Waals surface area contributed by atoms with Crippen LogP contribution in [0.15, 0.2) is 66.7 Å². The minimum absolute atomic E-state index is 0.154. The van der Waals surface area contributed by atoms with Gasteiger partial charge in [0.1, 0.15) is 24.0 Å². The number of hydrogen-bond donors (Lipinski definition) is 0. The molecule has 0 aromatic heterocycles. The lowest BCUT2D eigenvalue weighted by Crippen LogP contribution is -2.20. The molecule has 0 amide bonds. The van der Waals surface area contributed by atoms with Crippen LogP contribution in [0.1, 0.15) is 33.3 Å². The van der Waals surface area contributed by atoms with Crippen LogP contribution in [0, 0.1) is 11.6 Å². The molecule has 28 heavy (non-hydrogen) atoms. The molecule has 0 unspecified atom stereocenters. The number of benzene rings is 3. The predicted molar refractivity (Wildman–Crippen MR) is 96.5 cm³/mol. The summed E-state index contributed by atoms with van der Waals surface area (Å²) in [5, 5.41) is 0. The molecule has 4 nitrogen and oxygen atoms in total. The molecule has 142 valence electrons. The Labute approximate surface area is 160 Å². The quantitative estimate of drug-likeness (QED) is 0.600. The lowest BCUT2D eigenvalue weighted by molar-refractivity contribution is -0.112. The van der Waals surface area contributed by atoms with E-state index in [0.29, 0.717) is 16.9 Å². The minimum Gasteiger partial charge on any atom is -0.460 e. The second-order valence-corrected chi connectivity index (χ2v) is 6.28. The number of esters is 1. The summed E-state index contributed by atoms with van der Waals surface area (Å²) in [7, 11) is 0. The van der Waals surface area contributed by atoms with Crippen LogP contribution in [-0.2, 0) is 22.7 Å². The molecule has 3 aromatic rings. The fourth-order valence-electron chi connectivity index (χ4n) is 3.01. The van der Waals surface area contributed by atoms with Gasteiger partial charge in [0.05, 0.1) is 12.2 Å². The van der Waals surface area contributed by atoms with E-state index in [1.54, 1.807) is 0 Å². The molecule has 0 fully saturated rings. The maximum atomic E-state index is 14.0. The Balaban J connectivity index is 1.56. The van der Waals surface area contributed by atoms with Gasteiger partial charge < -0.3 is 14.2 Å². The largest absolute Gasteiger partial charge is 0.460 e. The summed E-state index contributed by atoms with van der Waals surface area (Å²) in [5.41, 5.74) is 1.50. The van der Waals surface area contributed by atoms with Crippen molar-refractivity contribution in [1.29, 1.82) is 0 Å². The Morgan fingerprint density at radius 3 is 2.57 bits per heavy atom.